The average molecular weight is 312 g/mol. The number of ether oxygens (including phenoxy) is 2. The van der Waals surface area contributed by atoms with Crippen LogP contribution in [0.1, 0.15) is 17.4 Å². The molecule has 0 atom stereocenters. The summed E-state index contributed by atoms with van der Waals surface area (Å²) in [5, 5.41) is 20.4. The molecule has 0 fully saturated rings. The maximum Gasteiger partial charge on any atom is 0.416 e. The van der Waals surface area contributed by atoms with E-state index in [1.807, 2.05) is 0 Å². The number of nitrogens with one attached hydrogen (secondary N) is 1. The van der Waals surface area contributed by atoms with Gasteiger partial charge in [0.25, 0.3) is 0 Å². The normalized spacial score (nSPS) is 10.7. The third-order valence-corrected chi connectivity index (χ3v) is 2.55. The monoisotopic (exact) mass is 312 g/mol. The topological polar surface area (TPSA) is 90.4 Å². The van der Waals surface area contributed by atoms with E-state index in [2.05, 4.69) is 10.5 Å². The summed E-state index contributed by atoms with van der Waals surface area (Å²) < 4.78 is 49.0. The Morgan fingerprint density at radius 2 is 1.82 bits per heavy atom. The van der Waals surface area contributed by atoms with Gasteiger partial charge in [-0.1, -0.05) is 6.07 Å². The molecular weight excluding hydrogens is 301 g/mol. The third-order valence-electron chi connectivity index (χ3n) is 2.55. The zero-order valence-corrected chi connectivity index (χ0v) is 11.6. The Hall–Kier alpha value is -2.62. The molecule has 22 heavy (non-hydrogen) atoms. The molecule has 0 unspecified atom stereocenters. The summed E-state index contributed by atoms with van der Waals surface area (Å²) in [4.78, 5) is 0. The molecule has 1 N–H and O–H groups in total. The highest BCUT2D eigenvalue weighted by Crippen LogP contribution is 2.37. The molecule has 0 bridgehead atoms. The van der Waals surface area contributed by atoms with Gasteiger partial charge in [0, 0.05) is 19.8 Å². The van der Waals surface area contributed by atoms with Gasteiger partial charge >= 0.3 is 6.18 Å². The molecule has 0 saturated carbocycles. The molecule has 0 aliphatic rings. The van der Waals surface area contributed by atoms with Crippen molar-refractivity contribution < 1.29 is 22.6 Å². The Morgan fingerprint density at radius 1 is 1.23 bits per heavy atom. The van der Waals surface area contributed by atoms with E-state index in [9.17, 15) is 13.2 Å². The van der Waals surface area contributed by atoms with Crippen LogP contribution in [0.4, 0.5) is 18.9 Å². The standard InChI is InChI=1S/C13H11F3N4O2/c1-21-12(22-2)10-4-3-8(5-11(10)13(14,15)16)19-20-9(6-17)7-18/h3-5,12,19H,1-2H3. The van der Waals surface area contributed by atoms with Gasteiger partial charge in [-0.05, 0) is 12.1 Å². The van der Waals surface area contributed by atoms with Gasteiger partial charge in [0.05, 0.1) is 11.3 Å². The van der Waals surface area contributed by atoms with Crippen molar-refractivity contribution in [2.24, 2.45) is 5.10 Å². The van der Waals surface area contributed by atoms with Crippen LogP contribution in [-0.4, -0.2) is 19.9 Å². The van der Waals surface area contributed by atoms with Crippen LogP contribution in [0, 0.1) is 22.7 Å². The fourth-order valence-electron chi connectivity index (χ4n) is 1.62. The van der Waals surface area contributed by atoms with E-state index in [0.717, 1.165) is 12.1 Å². The first-order chi connectivity index (χ1) is 10.4. The van der Waals surface area contributed by atoms with Crippen molar-refractivity contribution in [3.8, 4) is 12.1 Å². The molecule has 0 heterocycles. The summed E-state index contributed by atoms with van der Waals surface area (Å²) in [6.45, 7) is 0. The smallest absolute Gasteiger partial charge is 0.352 e. The van der Waals surface area contributed by atoms with Gasteiger partial charge in [0.1, 0.15) is 12.1 Å². The van der Waals surface area contributed by atoms with Gasteiger partial charge in [-0.3, -0.25) is 5.43 Å². The number of hydrogen-bond donors (Lipinski definition) is 1. The van der Waals surface area contributed by atoms with Crippen molar-refractivity contribution >= 4 is 11.4 Å². The zero-order valence-electron chi connectivity index (χ0n) is 11.6. The Balaban J connectivity index is 3.25. The Kier molecular flexibility index (Phi) is 5.87. The quantitative estimate of drug-likeness (QED) is 0.513. The van der Waals surface area contributed by atoms with E-state index < -0.39 is 23.7 Å². The first-order valence-electron chi connectivity index (χ1n) is 5.78. The number of alkyl halides is 3. The Bertz CT molecular complexity index is 624. The second-order valence-electron chi connectivity index (χ2n) is 3.90. The van der Waals surface area contributed by atoms with Crippen molar-refractivity contribution in [1.29, 1.82) is 10.5 Å². The minimum absolute atomic E-state index is 0.0370. The maximum atomic E-state index is 13.1. The van der Waals surface area contributed by atoms with Gasteiger partial charge < -0.3 is 9.47 Å². The number of methoxy groups -OCH3 is 2. The summed E-state index contributed by atoms with van der Waals surface area (Å²) in [7, 11) is 2.44. The van der Waals surface area contributed by atoms with Crippen LogP contribution in [0.2, 0.25) is 0 Å². The van der Waals surface area contributed by atoms with Crippen molar-refractivity contribution in [2.75, 3.05) is 19.6 Å². The van der Waals surface area contributed by atoms with Gasteiger partial charge in [0.15, 0.2) is 6.29 Å². The molecule has 1 aromatic rings. The second-order valence-corrected chi connectivity index (χ2v) is 3.90. The number of benzene rings is 1. The molecule has 116 valence electrons. The highest BCUT2D eigenvalue weighted by atomic mass is 19.4. The molecular formula is C13H11F3N4O2. The van der Waals surface area contributed by atoms with Crippen LogP contribution >= 0.6 is 0 Å². The van der Waals surface area contributed by atoms with Crippen LogP contribution in [0.3, 0.4) is 0 Å². The highest BCUT2D eigenvalue weighted by Gasteiger charge is 2.35. The molecule has 0 radical (unpaired) electrons. The first-order valence-corrected chi connectivity index (χ1v) is 5.78. The number of anilines is 1. The van der Waals surface area contributed by atoms with Crippen LogP contribution in [0.25, 0.3) is 0 Å². The lowest BCUT2D eigenvalue weighted by atomic mass is 10.1. The lowest BCUT2D eigenvalue weighted by Gasteiger charge is -2.20. The second kappa shape index (κ2) is 7.41. The Morgan fingerprint density at radius 3 is 2.27 bits per heavy atom. The molecule has 1 rings (SSSR count). The van der Waals surface area contributed by atoms with Gasteiger partial charge in [-0.25, -0.2) is 0 Å². The summed E-state index contributed by atoms with van der Waals surface area (Å²) in [5.74, 6) is 0. The molecule has 6 nitrogen and oxygen atoms in total. The fraction of sp³-hybridized carbons (Fsp3) is 0.308. The highest BCUT2D eigenvalue weighted by molar-refractivity contribution is 6.10. The van der Waals surface area contributed by atoms with Crippen LogP contribution < -0.4 is 5.43 Å². The molecule has 9 heteroatoms. The van der Waals surface area contributed by atoms with Crippen LogP contribution in [0.5, 0.6) is 0 Å². The number of rotatable bonds is 5. The molecule has 0 aliphatic carbocycles. The molecule has 0 amide bonds. The maximum absolute atomic E-state index is 13.1. The van der Waals surface area contributed by atoms with E-state index in [0.29, 0.717) is 0 Å². The van der Waals surface area contributed by atoms with Crippen LogP contribution in [0.15, 0.2) is 23.3 Å². The number of halogens is 3. The van der Waals surface area contributed by atoms with Crippen molar-refractivity contribution in [3.63, 3.8) is 0 Å². The number of hydrazone groups is 1. The van der Waals surface area contributed by atoms with Gasteiger partial charge in [-0.15, -0.1) is 0 Å². The van der Waals surface area contributed by atoms with Crippen molar-refractivity contribution in [2.45, 2.75) is 12.5 Å². The lowest BCUT2D eigenvalue weighted by Crippen LogP contribution is -2.15. The molecule has 0 spiro atoms. The van der Waals surface area contributed by atoms with E-state index >= 15 is 0 Å². The van der Waals surface area contributed by atoms with Crippen molar-refractivity contribution in [1.82, 2.24) is 0 Å². The van der Waals surface area contributed by atoms with E-state index in [1.54, 1.807) is 0 Å². The third kappa shape index (κ3) is 4.19. The lowest BCUT2D eigenvalue weighted by molar-refractivity contribution is -0.147. The van der Waals surface area contributed by atoms with Crippen molar-refractivity contribution in [3.05, 3.63) is 29.3 Å². The summed E-state index contributed by atoms with van der Waals surface area (Å²) in [6, 6.07) is 6.21. The molecule has 0 aliphatic heterocycles. The predicted molar refractivity (Wildman–Crippen MR) is 70.5 cm³/mol. The fourth-order valence-corrected chi connectivity index (χ4v) is 1.62. The van der Waals surface area contributed by atoms with E-state index in [1.165, 1.54) is 32.4 Å². The summed E-state index contributed by atoms with van der Waals surface area (Å²) in [5.41, 5.74) is 0.499. The number of hydrogen-bond acceptors (Lipinski definition) is 6. The molecule has 0 aromatic heterocycles. The zero-order chi connectivity index (χ0) is 16.8. The van der Waals surface area contributed by atoms with E-state index in [4.69, 9.17) is 20.0 Å². The Labute approximate surface area is 124 Å². The SMILES string of the molecule is COC(OC)c1ccc(NN=C(C#N)C#N)cc1C(F)(F)F. The predicted octanol–water partition coefficient (Wildman–Crippen LogP) is 2.81. The minimum atomic E-state index is -4.64. The summed E-state index contributed by atoms with van der Waals surface area (Å²) >= 11 is 0. The largest absolute Gasteiger partial charge is 0.416 e. The summed E-state index contributed by atoms with van der Waals surface area (Å²) in [6.07, 6.45) is -5.82. The first kappa shape index (κ1) is 17.4. The van der Waals surface area contributed by atoms with Gasteiger partial charge in [-0.2, -0.15) is 28.8 Å². The molecule has 0 saturated heterocycles. The molecule has 1 aromatic carbocycles. The minimum Gasteiger partial charge on any atom is -0.352 e. The average Bonchev–Trinajstić information content (AvgIpc) is 2.49. The van der Waals surface area contributed by atoms with Crippen LogP contribution in [-0.2, 0) is 15.7 Å². The van der Waals surface area contributed by atoms with E-state index in [-0.39, 0.29) is 11.3 Å². The number of nitriles is 2. The number of nitrogens with zero attached hydrogens (tertiary/aromatic N) is 3. The van der Waals surface area contributed by atoms with Gasteiger partial charge in [0.2, 0.25) is 5.71 Å².